The van der Waals surface area contributed by atoms with E-state index in [0.29, 0.717) is 29.7 Å². The van der Waals surface area contributed by atoms with Gasteiger partial charge in [-0.15, -0.1) is 0 Å². The molecule has 2 aliphatic rings. The molecule has 1 heterocycles. The maximum Gasteiger partial charge on any atom is 0.255 e. The Kier molecular flexibility index (Phi) is 5.95. The molecule has 24 heavy (non-hydrogen) atoms. The third kappa shape index (κ3) is 4.19. The molecule has 1 aliphatic carbocycles. The van der Waals surface area contributed by atoms with E-state index in [2.05, 4.69) is 10.2 Å². The molecule has 1 N–H and O–H groups in total. The number of carbonyl (C=O) groups is 1. The highest BCUT2D eigenvalue weighted by molar-refractivity contribution is 7.80. The molecule has 0 spiro atoms. The number of hydrogen-bond acceptors (Lipinski definition) is 2. The number of benzene rings is 1. The molecule has 0 unspecified atom stereocenters. The molecule has 1 aromatic rings. The lowest BCUT2D eigenvalue weighted by molar-refractivity contribution is 0.0691. The van der Waals surface area contributed by atoms with Gasteiger partial charge in [-0.1, -0.05) is 43.0 Å². The van der Waals surface area contributed by atoms with Crippen molar-refractivity contribution in [2.45, 2.75) is 38.1 Å². The summed E-state index contributed by atoms with van der Waals surface area (Å²) >= 11 is 11.7. The number of carbonyl (C=O) groups excluding carboxylic acids is 1. The van der Waals surface area contributed by atoms with Crippen molar-refractivity contribution < 1.29 is 4.79 Å². The average molecular weight is 366 g/mol. The predicted octanol–water partition coefficient (Wildman–Crippen LogP) is 3.31. The Balaban J connectivity index is 1.51. The van der Waals surface area contributed by atoms with Gasteiger partial charge in [0.1, 0.15) is 0 Å². The fraction of sp³-hybridized carbons (Fsp3) is 0.556. The number of nitrogens with one attached hydrogen (secondary N) is 1. The lowest BCUT2D eigenvalue weighted by Gasteiger charge is -2.37. The monoisotopic (exact) mass is 365 g/mol. The third-order valence-electron chi connectivity index (χ3n) is 4.89. The van der Waals surface area contributed by atoms with E-state index in [1.54, 1.807) is 12.1 Å². The summed E-state index contributed by atoms with van der Waals surface area (Å²) in [4.78, 5) is 16.6. The van der Waals surface area contributed by atoms with Gasteiger partial charge in [0.15, 0.2) is 5.11 Å². The van der Waals surface area contributed by atoms with E-state index in [4.69, 9.17) is 23.8 Å². The summed E-state index contributed by atoms with van der Waals surface area (Å²) in [7, 11) is 0. The minimum atomic E-state index is 0.00593. The van der Waals surface area contributed by atoms with Crippen molar-refractivity contribution in [3.8, 4) is 0 Å². The van der Waals surface area contributed by atoms with E-state index >= 15 is 0 Å². The van der Waals surface area contributed by atoms with Gasteiger partial charge in [0.05, 0.1) is 10.6 Å². The number of hydrogen-bond donors (Lipinski definition) is 1. The topological polar surface area (TPSA) is 35.6 Å². The Labute approximate surface area is 154 Å². The van der Waals surface area contributed by atoms with Gasteiger partial charge in [-0.2, -0.15) is 0 Å². The maximum absolute atomic E-state index is 12.6. The van der Waals surface area contributed by atoms with Crippen molar-refractivity contribution in [2.75, 3.05) is 26.2 Å². The van der Waals surface area contributed by atoms with Crippen molar-refractivity contribution in [1.82, 2.24) is 15.1 Å². The highest BCUT2D eigenvalue weighted by Crippen LogP contribution is 2.19. The van der Waals surface area contributed by atoms with Crippen LogP contribution in [-0.2, 0) is 0 Å². The number of halogens is 1. The molecule has 0 bridgehead atoms. The van der Waals surface area contributed by atoms with E-state index in [9.17, 15) is 4.79 Å². The fourth-order valence-corrected chi connectivity index (χ4v) is 4.00. The number of piperazine rings is 1. The normalized spacial score (nSPS) is 19.2. The minimum Gasteiger partial charge on any atom is -0.360 e. The van der Waals surface area contributed by atoms with Crippen LogP contribution in [0.15, 0.2) is 24.3 Å². The smallest absolute Gasteiger partial charge is 0.255 e. The number of thiocarbonyl (C=S) groups is 1. The molecule has 1 amide bonds. The molecule has 1 aromatic carbocycles. The molecule has 4 nitrogen and oxygen atoms in total. The Hall–Kier alpha value is -1.33. The summed E-state index contributed by atoms with van der Waals surface area (Å²) < 4.78 is 0. The molecule has 130 valence electrons. The summed E-state index contributed by atoms with van der Waals surface area (Å²) in [6, 6.07) is 7.75. The van der Waals surface area contributed by atoms with E-state index in [1.807, 2.05) is 17.0 Å². The van der Waals surface area contributed by atoms with Crippen LogP contribution in [0.4, 0.5) is 0 Å². The van der Waals surface area contributed by atoms with Gasteiger partial charge in [0.2, 0.25) is 0 Å². The first-order chi connectivity index (χ1) is 11.6. The Morgan fingerprint density at radius 1 is 1.04 bits per heavy atom. The van der Waals surface area contributed by atoms with Crippen LogP contribution in [0.1, 0.15) is 42.5 Å². The Morgan fingerprint density at radius 3 is 2.33 bits per heavy atom. The Bertz CT molecular complexity index is 596. The van der Waals surface area contributed by atoms with Gasteiger partial charge < -0.3 is 15.1 Å². The van der Waals surface area contributed by atoms with Gasteiger partial charge >= 0.3 is 0 Å². The van der Waals surface area contributed by atoms with E-state index in [0.717, 1.165) is 18.2 Å². The highest BCUT2D eigenvalue weighted by atomic mass is 35.5. The Morgan fingerprint density at radius 2 is 1.67 bits per heavy atom. The first-order valence-corrected chi connectivity index (χ1v) is 9.53. The maximum atomic E-state index is 12.6. The van der Waals surface area contributed by atoms with Crippen molar-refractivity contribution >= 4 is 34.8 Å². The summed E-state index contributed by atoms with van der Waals surface area (Å²) in [5, 5.41) is 4.86. The first-order valence-electron chi connectivity index (χ1n) is 8.74. The molecule has 3 rings (SSSR count). The van der Waals surface area contributed by atoms with Crippen LogP contribution in [0, 0.1) is 0 Å². The van der Waals surface area contributed by atoms with Crippen molar-refractivity contribution in [3.05, 3.63) is 34.9 Å². The lowest BCUT2D eigenvalue weighted by atomic mass is 9.96. The van der Waals surface area contributed by atoms with Crippen LogP contribution in [0.25, 0.3) is 0 Å². The molecule has 0 radical (unpaired) electrons. The van der Waals surface area contributed by atoms with Crippen LogP contribution >= 0.6 is 23.8 Å². The van der Waals surface area contributed by atoms with Crippen molar-refractivity contribution in [2.24, 2.45) is 0 Å². The molecular formula is C18H24ClN3OS. The molecule has 1 aliphatic heterocycles. The number of nitrogens with zero attached hydrogens (tertiary/aromatic N) is 2. The molecule has 1 saturated carbocycles. The summed E-state index contributed by atoms with van der Waals surface area (Å²) in [5.74, 6) is 0.00593. The zero-order chi connectivity index (χ0) is 16.9. The van der Waals surface area contributed by atoms with E-state index in [-0.39, 0.29) is 5.91 Å². The average Bonchev–Trinajstić information content (AvgIpc) is 2.62. The lowest BCUT2D eigenvalue weighted by Crippen LogP contribution is -2.54. The summed E-state index contributed by atoms with van der Waals surface area (Å²) in [6.07, 6.45) is 6.35. The highest BCUT2D eigenvalue weighted by Gasteiger charge is 2.25. The molecule has 6 heteroatoms. The standard InChI is InChI=1S/C18H24ClN3OS/c19-16-9-5-4-8-15(16)17(23)21-10-12-22(13-11-21)18(24)20-14-6-2-1-3-7-14/h4-5,8-9,14H,1-3,6-7,10-13H2,(H,20,24). The second-order valence-electron chi connectivity index (χ2n) is 6.54. The summed E-state index contributed by atoms with van der Waals surface area (Å²) in [5.41, 5.74) is 0.579. The molecule has 0 atom stereocenters. The third-order valence-corrected chi connectivity index (χ3v) is 5.60. The molecule has 0 aromatic heterocycles. The van der Waals surface area contributed by atoms with Crippen LogP contribution in [0.2, 0.25) is 5.02 Å². The van der Waals surface area contributed by atoms with Crippen LogP contribution in [0.3, 0.4) is 0 Å². The van der Waals surface area contributed by atoms with Gasteiger partial charge in [-0.05, 0) is 37.2 Å². The number of amides is 1. The van der Waals surface area contributed by atoms with E-state index in [1.165, 1.54) is 32.1 Å². The predicted molar refractivity (Wildman–Crippen MR) is 102 cm³/mol. The molecule has 2 fully saturated rings. The zero-order valence-electron chi connectivity index (χ0n) is 13.8. The minimum absolute atomic E-state index is 0.00593. The van der Waals surface area contributed by atoms with Crippen LogP contribution in [-0.4, -0.2) is 53.0 Å². The van der Waals surface area contributed by atoms with E-state index < -0.39 is 0 Å². The fourth-order valence-electron chi connectivity index (χ4n) is 3.43. The quantitative estimate of drug-likeness (QED) is 0.816. The number of rotatable bonds is 2. The van der Waals surface area contributed by atoms with Crippen molar-refractivity contribution in [3.63, 3.8) is 0 Å². The molecule has 1 saturated heterocycles. The largest absolute Gasteiger partial charge is 0.360 e. The zero-order valence-corrected chi connectivity index (χ0v) is 15.4. The first kappa shape index (κ1) is 17.5. The molecular weight excluding hydrogens is 342 g/mol. The van der Waals surface area contributed by atoms with Gasteiger partial charge in [-0.3, -0.25) is 4.79 Å². The second kappa shape index (κ2) is 8.17. The van der Waals surface area contributed by atoms with Crippen molar-refractivity contribution in [1.29, 1.82) is 0 Å². The second-order valence-corrected chi connectivity index (χ2v) is 7.34. The summed E-state index contributed by atoms with van der Waals surface area (Å²) in [6.45, 7) is 2.90. The van der Waals surface area contributed by atoms with Crippen LogP contribution < -0.4 is 5.32 Å². The van der Waals surface area contributed by atoms with Gasteiger partial charge in [0.25, 0.3) is 5.91 Å². The van der Waals surface area contributed by atoms with Crippen LogP contribution in [0.5, 0.6) is 0 Å². The van der Waals surface area contributed by atoms with Gasteiger partial charge in [0, 0.05) is 32.2 Å². The van der Waals surface area contributed by atoms with Gasteiger partial charge in [-0.25, -0.2) is 0 Å². The SMILES string of the molecule is O=C(c1ccccc1Cl)N1CCN(C(=S)NC2CCCCC2)CC1.